The van der Waals surface area contributed by atoms with Crippen LogP contribution in [0.2, 0.25) is 0 Å². The summed E-state index contributed by atoms with van der Waals surface area (Å²) in [7, 11) is 0. The van der Waals surface area contributed by atoms with Gasteiger partial charge in [0.15, 0.2) is 5.96 Å². The highest BCUT2D eigenvalue weighted by atomic mass is 32.2. The van der Waals surface area contributed by atoms with Crippen LogP contribution in [0.15, 0.2) is 4.99 Å². The molecular weight excluding hydrogens is 508 g/mol. The summed E-state index contributed by atoms with van der Waals surface area (Å²) in [5.41, 5.74) is 21.8. The minimum absolute atomic E-state index is 0.00948. The summed E-state index contributed by atoms with van der Waals surface area (Å²) < 4.78 is 0. The topological polar surface area (TPSA) is 278 Å². The third-order valence-corrected chi connectivity index (χ3v) is 5.77. The van der Waals surface area contributed by atoms with Crippen LogP contribution in [0.1, 0.15) is 44.9 Å². The van der Waals surface area contributed by atoms with E-state index in [1.807, 2.05) is 0 Å². The normalized spacial score (nSPS) is 13.9. The van der Waals surface area contributed by atoms with E-state index in [-0.39, 0.29) is 38.2 Å². The lowest BCUT2D eigenvalue weighted by molar-refractivity contribution is -0.143. The van der Waals surface area contributed by atoms with Gasteiger partial charge in [0.2, 0.25) is 17.7 Å². The van der Waals surface area contributed by atoms with Gasteiger partial charge in [0, 0.05) is 6.54 Å². The zero-order valence-corrected chi connectivity index (χ0v) is 21.8. The summed E-state index contributed by atoms with van der Waals surface area (Å²) in [6, 6.07) is -4.95. The first-order valence-corrected chi connectivity index (χ1v) is 13.2. The van der Waals surface area contributed by atoms with E-state index in [0.717, 1.165) is 0 Å². The van der Waals surface area contributed by atoms with Gasteiger partial charge in [-0.2, -0.15) is 11.8 Å². The summed E-state index contributed by atoms with van der Waals surface area (Å²) >= 11 is 1.40. The third-order valence-electron chi connectivity index (χ3n) is 5.12. The Labute approximate surface area is 219 Å². The molecule has 0 saturated carbocycles. The number of carbonyl (C=O) groups is 5. The van der Waals surface area contributed by atoms with Crippen molar-refractivity contribution in [2.45, 2.75) is 69.1 Å². The second kappa shape index (κ2) is 19.1. The fraction of sp³-hybridized carbons (Fsp3) is 0.714. The molecular formula is C21H40N8O7S. The second-order valence-corrected chi connectivity index (χ2v) is 9.23. The zero-order chi connectivity index (χ0) is 28.4. The monoisotopic (exact) mass is 548 g/mol. The van der Waals surface area contributed by atoms with Crippen LogP contribution in [0.25, 0.3) is 0 Å². The van der Waals surface area contributed by atoms with Crippen molar-refractivity contribution in [2.75, 3.05) is 25.1 Å². The van der Waals surface area contributed by atoms with Crippen LogP contribution in [0.5, 0.6) is 0 Å². The summed E-state index contributed by atoms with van der Waals surface area (Å²) in [4.78, 5) is 64.9. The highest BCUT2D eigenvalue weighted by Crippen LogP contribution is 2.06. The molecule has 0 rings (SSSR count). The van der Waals surface area contributed by atoms with Gasteiger partial charge < -0.3 is 49.1 Å². The summed E-state index contributed by atoms with van der Waals surface area (Å²) in [5, 5.41) is 25.8. The van der Waals surface area contributed by atoms with E-state index in [2.05, 4.69) is 20.9 Å². The molecule has 0 aliphatic heterocycles. The number of amides is 3. The van der Waals surface area contributed by atoms with Crippen LogP contribution in [-0.2, 0) is 24.0 Å². The predicted molar refractivity (Wildman–Crippen MR) is 139 cm³/mol. The van der Waals surface area contributed by atoms with Crippen LogP contribution >= 0.6 is 11.8 Å². The molecule has 0 aromatic heterocycles. The summed E-state index contributed by atoms with van der Waals surface area (Å²) in [5.74, 6) is -4.76. The average Bonchev–Trinajstić information content (AvgIpc) is 2.82. The maximum Gasteiger partial charge on any atom is 0.326 e. The summed E-state index contributed by atoms with van der Waals surface area (Å²) in [6.45, 7) is 0.550. The molecule has 0 aromatic rings. The SMILES string of the molecule is CSCCC(NC(=O)C(CCCN=C(N)N)NC(=O)C(CC(=O)O)NC(=O)C(N)CCCCN)C(=O)O. The Balaban J connectivity index is 5.56. The summed E-state index contributed by atoms with van der Waals surface area (Å²) in [6.07, 6.45) is 2.92. The molecule has 37 heavy (non-hydrogen) atoms. The molecule has 0 heterocycles. The molecule has 0 aliphatic rings. The molecule has 15 nitrogen and oxygen atoms in total. The molecule has 3 amide bonds. The van der Waals surface area contributed by atoms with Crippen molar-refractivity contribution < 1.29 is 34.2 Å². The molecule has 0 aliphatic carbocycles. The predicted octanol–water partition coefficient (Wildman–Crippen LogP) is -2.74. The van der Waals surface area contributed by atoms with Gasteiger partial charge in [-0.25, -0.2) is 4.79 Å². The molecule has 0 spiro atoms. The van der Waals surface area contributed by atoms with E-state index in [9.17, 15) is 34.2 Å². The van der Waals surface area contributed by atoms with Gasteiger partial charge in [0.05, 0.1) is 12.5 Å². The van der Waals surface area contributed by atoms with Gasteiger partial charge in [-0.05, 0) is 50.7 Å². The number of carboxylic acid groups (broad SMARTS) is 2. The van der Waals surface area contributed by atoms with Crippen molar-refractivity contribution in [2.24, 2.45) is 27.9 Å². The molecule has 0 saturated heterocycles. The molecule has 16 heteroatoms. The number of aliphatic carboxylic acids is 2. The Bertz CT molecular complexity index is 795. The number of guanidine groups is 1. The van der Waals surface area contributed by atoms with Crippen molar-refractivity contribution in [3.63, 3.8) is 0 Å². The van der Waals surface area contributed by atoms with Crippen molar-refractivity contribution >= 4 is 47.4 Å². The Kier molecular flexibility index (Phi) is 17.5. The Morgan fingerprint density at radius 3 is 1.97 bits per heavy atom. The van der Waals surface area contributed by atoms with Crippen LogP contribution in [0.3, 0.4) is 0 Å². The van der Waals surface area contributed by atoms with Gasteiger partial charge >= 0.3 is 11.9 Å². The van der Waals surface area contributed by atoms with Crippen molar-refractivity contribution in [3.05, 3.63) is 0 Å². The molecule has 0 aromatic carbocycles. The smallest absolute Gasteiger partial charge is 0.326 e. The molecule has 4 atom stereocenters. The Morgan fingerprint density at radius 2 is 1.43 bits per heavy atom. The maximum absolute atomic E-state index is 12.9. The highest BCUT2D eigenvalue weighted by molar-refractivity contribution is 7.98. The van der Waals surface area contributed by atoms with E-state index in [1.165, 1.54) is 11.8 Å². The lowest BCUT2D eigenvalue weighted by Gasteiger charge is -2.24. The van der Waals surface area contributed by atoms with Gasteiger partial charge in [-0.3, -0.25) is 24.2 Å². The van der Waals surface area contributed by atoms with Gasteiger partial charge in [-0.15, -0.1) is 0 Å². The molecule has 0 radical (unpaired) electrons. The number of nitrogens with one attached hydrogen (secondary N) is 3. The van der Waals surface area contributed by atoms with Crippen LogP contribution in [0, 0.1) is 0 Å². The largest absolute Gasteiger partial charge is 0.481 e. The number of hydrogen-bond acceptors (Lipinski definition) is 9. The Hall–Kier alpha value is -3.11. The Morgan fingerprint density at radius 1 is 0.838 bits per heavy atom. The third kappa shape index (κ3) is 15.6. The lowest BCUT2D eigenvalue weighted by atomic mass is 10.1. The van der Waals surface area contributed by atoms with E-state index in [0.29, 0.717) is 25.1 Å². The molecule has 0 bridgehead atoms. The van der Waals surface area contributed by atoms with Gasteiger partial charge in [0.25, 0.3) is 0 Å². The van der Waals surface area contributed by atoms with Crippen molar-refractivity contribution in [1.29, 1.82) is 0 Å². The fourth-order valence-electron chi connectivity index (χ4n) is 3.11. The van der Waals surface area contributed by atoms with Gasteiger partial charge in [-0.1, -0.05) is 6.42 Å². The van der Waals surface area contributed by atoms with E-state index in [4.69, 9.17) is 22.9 Å². The zero-order valence-electron chi connectivity index (χ0n) is 21.0. The van der Waals surface area contributed by atoms with Crippen LogP contribution in [0.4, 0.5) is 0 Å². The van der Waals surface area contributed by atoms with E-state index >= 15 is 0 Å². The van der Waals surface area contributed by atoms with Crippen LogP contribution in [-0.4, -0.2) is 95.1 Å². The van der Waals surface area contributed by atoms with Crippen LogP contribution < -0.4 is 38.9 Å². The van der Waals surface area contributed by atoms with E-state index in [1.54, 1.807) is 6.26 Å². The first-order chi connectivity index (χ1) is 17.4. The fourth-order valence-corrected chi connectivity index (χ4v) is 3.58. The van der Waals surface area contributed by atoms with Crippen molar-refractivity contribution in [3.8, 4) is 0 Å². The number of carbonyl (C=O) groups excluding carboxylic acids is 3. The molecule has 4 unspecified atom stereocenters. The minimum atomic E-state index is -1.52. The quantitative estimate of drug-likeness (QED) is 0.0425. The molecule has 212 valence electrons. The molecule has 0 fully saturated rings. The number of carboxylic acids is 2. The highest BCUT2D eigenvalue weighted by Gasteiger charge is 2.31. The van der Waals surface area contributed by atoms with E-state index < -0.39 is 60.2 Å². The molecule has 13 N–H and O–H groups in total. The van der Waals surface area contributed by atoms with Gasteiger partial charge in [0.1, 0.15) is 18.1 Å². The first-order valence-electron chi connectivity index (χ1n) is 11.8. The number of nitrogens with two attached hydrogens (primary N) is 4. The number of unbranched alkanes of at least 4 members (excludes halogenated alkanes) is 1. The second-order valence-electron chi connectivity index (χ2n) is 8.24. The number of nitrogens with zero attached hydrogens (tertiary/aromatic N) is 1. The number of rotatable bonds is 20. The average molecular weight is 549 g/mol. The number of hydrogen-bond donors (Lipinski definition) is 9. The number of aliphatic imine (C=N–C) groups is 1. The lowest BCUT2D eigenvalue weighted by Crippen LogP contribution is -2.57. The maximum atomic E-state index is 12.9. The standard InChI is InChI=1S/C21H40N8O7S/c1-37-10-7-14(20(35)36)28-18(33)13(6-4-9-26-21(24)25)27-19(34)15(11-16(30)31)29-17(32)12(23)5-2-3-8-22/h12-15H,2-11,22-23H2,1H3,(H,27,34)(H,28,33)(H,29,32)(H,30,31)(H,35,36)(H4,24,25,26). The number of thioether (sulfide) groups is 1. The van der Waals surface area contributed by atoms with Crippen molar-refractivity contribution in [1.82, 2.24) is 16.0 Å². The first kappa shape index (κ1) is 33.9. The minimum Gasteiger partial charge on any atom is -0.481 e.